The number of nitrogens with one attached hydrogen (secondary N) is 2. The van der Waals surface area contributed by atoms with Gasteiger partial charge in [0.1, 0.15) is 11.6 Å². The van der Waals surface area contributed by atoms with E-state index in [1.54, 1.807) is 4.90 Å². The van der Waals surface area contributed by atoms with Gasteiger partial charge in [0.15, 0.2) is 5.82 Å². The quantitative estimate of drug-likeness (QED) is 0.693. The highest BCUT2D eigenvalue weighted by Crippen LogP contribution is 2.23. The molecule has 4 rings (SSSR count). The largest absolute Gasteiger partial charge is 0.340 e. The molecule has 1 amide bonds. The third kappa shape index (κ3) is 3.67. The predicted molar refractivity (Wildman–Crippen MR) is 96.9 cm³/mol. The molecule has 3 heterocycles. The van der Waals surface area contributed by atoms with Crippen LogP contribution in [0.15, 0.2) is 35.1 Å². The summed E-state index contributed by atoms with van der Waals surface area (Å²) in [6.07, 6.45) is 1.41. The molecular formula is C18H21N7O2. The molecule has 3 aromatic rings. The first-order chi connectivity index (χ1) is 13.1. The van der Waals surface area contributed by atoms with E-state index < -0.39 is 0 Å². The van der Waals surface area contributed by atoms with Crippen molar-refractivity contribution in [1.82, 2.24) is 34.8 Å². The molecule has 1 aliphatic rings. The Bertz CT molecular complexity index is 989. The predicted octanol–water partition coefficient (Wildman–Crippen LogP) is 0.816. The number of carbonyl (C=O) groups excluding carboxylic acids is 1. The Morgan fingerprint density at radius 2 is 2.07 bits per heavy atom. The number of rotatable bonds is 5. The van der Waals surface area contributed by atoms with Crippen LogP contribution >= 0.6 is 0 Å². The summed E-state index contributed by atoms with van der Waals surface area (Å²) in [4.78, 5) is 28.0. The summed E-state index contributed by atoms with van der Waals surface area (Å²) >= 11 is 0. The van der Waals surface area contributed by atoms with Gasteiger partial charge in [0, 0.05) is 25.8 Å². The van der Waals surface area contributed by atoms with Crippen molar-refractivity contribution in [2.75, 3.05) is 6.54 Å². The SMILES string of the molecule is C[C@H]1CN(C(=O)CCc2n[nH]c(=O)[nH]2)Cc2nnc(Cc3ccccc3)n21. The van der Waals surface area contributed by atoms with Crippen LogP contribution in [0.5, 0.6) is 0 Å². The highest BCUT2D eigenvalue weighted by molar-refractivity contribution is 5.76. The monoisotopic (exact) mass is 367 g/mol. The van der Waals surface area contributed by atoms with Crippen LogP contribution in [0.2, 0.25) is 0 Å². The summed E-state index contributed by atoms with van der Waals surface area (Å²) < 4.78 is 2.14. The average Bonchev–Trinajstić information content (AvgIpc) is 3.27. The van der Waals surface area contributed by atoms with Crippen molar-refractivity contribution < 1.29 is 4.79 Å². The normalized spacial score (nSPS) is 16.3. The lowest BCUT2D eigenvalue weighted by Crippen LogP contribution is -2.41. The van der Waals surface area contributed by atoms with E-state index in [9.17, 15) is 9.59 Å². The Morgan fingerprint density at radius 1 is 1.26 bits per heavy atom. The molecule has 0 saturated heterocycles. The summed E-state index contributed by atoms with van der Waals surface area (Å²) in [5.41, 5.74) is 0.828. The highest BCUT2D eigenvalue weighted by atomic mass is 16.2. The van der Waals surface area contributed by atoms with Crippen LogP contribution in [-0.4, -0.2) is 47.3 Å². The first-order valence-electron chi connectivity index (χ1n) is 8.98. The van der Waals surface area contributed by atoms with Crippen molar-refractivity contribution in [3.05, 3.63) is 63.9 Å². The summed E-state index contributed by atoms with van der Waals surface area (Å²) in [7, 11) is 0. The van der Waals surface area contributed by atoms with Gasteiger partial charge >= 0.3 is 5.69 Å². The smallest absolute Gasteiger partial charge is 0.333 e. The zero-order valence-electron chi connectivity index (χ0n) is 15.1. The number of hydrogen-bond acceptors (Lipinski definition) is 5. The van der Waals surface area contributed by atoms with Gasteiger partial charge in [0.25, 0.3) is 0 Å². The van der Waals surface area contributed by atoms with Crippen molar-refractivity contribution in [3.8, 4) is 0 Å². The maximum Gasteiger partial charge on any atom is 0.340 e. The van der Waals surface area contributed by atoms with Gasteiger partial charge in [0.2, 0.25) is 5.91 Å². The van der Waals surface area contributed by atoms with Gasteiger partial charge < -0.3 is 9.47 Å². The Balaban J connectivity index is 1.44. The number of H-pyrrole nitrogens is 2. The molecular weight excluding hydrogens is 346 g/mol. The number of aromatic amines is 2. The Labute approximate surface area is 155 Å². The average molecular weight is 367 g/mol. The minimum Gasteiger partial charge on any atom is -0.333 e. The lowest BCUT2D eigenvalue weighted by Gasteiger charge is -2.32. The second-order valence-electron chi connectivity index (χ2n) is 6.81. The molecule has 0 bridgehead atoms. The zero-order chi connectivity index (χ0) is 18.8. The van der Waals surface area contributed by atoms with Crippen molar-refractivity contribution in [1.29, 1.82) is 0 Å². The zero-order valence-corrected chi connectivity index (χ0v) is 15.1. The van der Waals surface area contributed by atoms with Crippen molar-refractivity contribution in [2.24, 2.45) is 0 Å². The molecule has 140 valence electrons. The van der Waals surface area contributed by atoms with Crippen LogP contribution in [0.1, 0.15) is 42.4 Å². The molecule has 0 fully saturated rings. The molecule has 1 aliphatic heterocycles. The maximum atomic E-state index is 12.6. The van der Waals surface area contributed by atoms with Crippen molar-refractivity contribution >= 4 is 5.91 Å². The van der Waals surface area contributed by atoms with Crippen LogP contribution < -0.4 is 5.69 Å². The topological polar surface area (TPSA) is 113 Å². The lowest BCUT2D eigenvalue weighted by atomic mass is 10.1. The van der Waals surface area contributed by atoms with Gasteiger partial charge in [-0.1, -0.05) is 30.3 Å². The third-order valence-electron chi connectivity index (χ3n) is 4.78. The first-order valence-corrected chi connectivity index (χ1v) is 8.98. The molecule has 0 spiro atoms. The Kier molecular flexibility index (Phi) is 4.57. The number of benzene rings is 1. The highest BCUT2D eigenvalue weighted by Gasteiger charge is 2.29. The van der Waals surface area contributed by atoms with Gasteiger partial charge in [-0.15, -0.1) is 10.2 Å². The van der Waals surface area contributed by atoms with Crippen LogP contribution in [0, 0.1) is 0 Å². The number of hydrogen-bond donors (Lipinski definition) is 2. The van der Waals surface area contributed by atoms with E-state index in [2.05, 4.69) is 49.0 Å². The lowest BCUT2D eigenvalue weighted by molar-refractivity contribution is -0.133. The van der Waals surface area contributed by atoms with E-state index in [0.29, 0.717) is 31.8 Å². The molecule has 0 unspecified atom stereocenters. The molecule has 0 saturated carbocycles. The summed E-state index contributed by atoms with van der Waals surface area (Å²) in [5, 5.41) is 14.8. The molecule has 9 nitrogen and oxygen atoms in total. The summed E-state index contributed by atoms with van der Waals surface area (Å²) in [6, 6.07) is 10.3. The molecule has 0 radical (unpaired) electrons. The van der Waals surface area contributed by atoms with E-state index in [4.69, 9.17) is 0 Å². The number of fused-ring (bicyclic) bond motifs is 1. The summed E-state index contributed by atoms with van der Waals surface area (Å²) in [5.74, 6) is 2.24. The van der Waals surface area contributed by atoms with Crippen LogP contribution in [0.25, 0.3) is 0 Å². The van der Waals surface area contributed by atoms with Gasteiger partial charge in [-0.05, 0) is 12.5 Å². The third-order valence-corrected chi connectivity index (χ3v) is 4.78. The fourth-order valence-corrected chi connectivity index (χ4v) is 3.51. The second kappa shape index (κ2) is 7.18. The molecule has 9 heteroatoms. The number of amides is 1. The van der Waals surface area contributed by atoms with Crippen LogP contribution in [0.4, 0.5) is 0 Å². The minimum atomic E-state index is -0.358. The fraction of sp³-hybridized carbons (Fsp3) is 0.389. The van der Waals surface area contributed by atoms with E-state index in [1.807, 2.05) is 18.2 Å². The fourth-order valence-electron chi connectivity index (χ4n) is 3.51. The van der Waals surface area contributed by atoms with Crippen LogP contribution in [-0.2, 0) is 24.2 Å². The van der Waals surface area contributed by atoms with E-state index in [0.717, 1.165) is 18.1 Å². The number of carbonyl (C=O) groups is 1. The minimum absolute atomic E-state index is 0.0181. The van der Waals surface area contributed by atoms with Crippen molar-refractivity contribution in [2.45, 2.75) is 38.8 Å². The standard InChI is InChI=1S/C18H21N7O2/c1-12-10-24(17(26)8-7-14-19-18(27)23-20-14)11-16-22-21-15(25(12)16)9-13-5-3-2-4-6-13/h2-6,12H,7-11H2,1H3,(H2,19,20,23,27)/t12-/m0/s1. The molecule has 0 aliphatic carbocycles. The number of nitrogens with zero attached hydrogens (tertiary/aromatic N) is 5. The van der Waals surface area contributed by atoms with Crippen LogP contribution in [0.3, 0.4) is 0 Å². The maximum absolute atomic E-state index is 12.6. The molecule has 1 aromatic carbocycles. The Hall–Kier alpha value is -3.23. The van der Waals surface area contributed by atoms with Gasteiger partial charge in [-0.3, -0.25) is 9.78 Å². The Morgan fingerprint density at radius 3 is 2.81 bits per heavy atom. The molecule has 27 heavy (non-hydrogen) atoms. The molecule has 1 atom stereocenters. The molecule has 2 N–H and O–H groups in total. The number of aryl methyl sites for hydroxylation is 1. The van der Waals surface area contributed by atoms with E-state index in [1.165, 1.54) is 5.56 Å². The summed E-state index contributed by atoms with van der Waals surface area (Å²) in [6.45, 7) is 3.14. The molecule has 2 aromatic heterocycles. The number of aromatic nitrogens is 6. The first kappa shape index (κ1) is 17.2. The van der Waals surface area contributed by atoms with E-state index >= 15 is 0 Å². The van der Waals surface area contributed by atoms with Gasteiger partial charge in [0.05, 0.1) is 12.6 Å². The van der Waals surface area contributed by atoms with Gasteiger partial charge in [-0.25, -0.2) is 9.89 Å². The second-order valence-corrected chi connectivity index (χ2v) is 6.81. The van der Waals surface area contributed by atoms with E-state index in [-0.39, 0.29) is 17.6 Å². The van der Waals surface area contributed by atoms with Crippen molar-refractivity contribution in [3.63, 3.8) is 0 Å². The van der Waals surface area contributed by atoms with Gasteiger partial charge in [-0.2, -0.15) is 5.10 Å².